The number of alkyl halides is 1. The number of benzene rings is 3. The molecular weight excluding hydrogens is 277 g/mol. The molecule has 0 spiro atoms. The molecule has 0 amide bonds. The van der Waals surface area contributed by atoms with Crippen molar-refractivity contribution < 1.29 is 9.13 Å². The number of rotatable bonds is 5. The lowest BCUT2D eigenvalue weighted by Crippen LogP contribution is -2.27. The molecule has 0 aromatic heterocycles. The number of halogens is 1. The van der Waals surface area contributed by atoms with Gasteiger partial charge in [-0.2, -0.15) is 0 Å². The third-order valence-corrected chi connectivity index (χ3v) is 3.69. The predicted octanol–water partition coefficient (Wildman–Crippen LogP) is 4.26. The Morgan fingerprint density at radius 1 is 0.864 bits per heavy atom. The molecule has 2 nitrogen and oxygen atoms in total. The molecule has 3 rings (SSSR count). The van der Waals surface area contributed by atoms with E-state index in [1.54, 1.807) is 0 Å². The molecule has 0 fully saturated rings. The number of ether oxygens (including phenoxy) is 1. The van der Waals surface area contributed by atoms with Crippen molar-refractivity contribution in [3.63, 3.8) is 0 Å². The molecule has 3 aromatic carbocycles. The van der Waals surface area contributed by atoms with Crippen LogP contribution in [0.25, 0.3) is 10.8 Å². The Labute approximate surface area is 129 Å². The fourth-order valence-corrected chi connectivity index (χ4v) is 2.55. The Morgan fingerprint density at radius 2 is 1.55 bits per heavy atom. The molecule has 2 N–H and O–H groups in total. The van der Waals surface area contributed by atoms with Gasteiger partial charge in [-0.25, -0.2) is 4.39 Å². The minimum atomic E-state index is -1.26. The van der Waals surface area contributed by atoms with Gasteiger partial charge >= 0.3 is 0 Å². The Bertz CT molecular complexity index is 739. The summed E-state index contributed by atoms with van der Waals surface area (Å²) in [6.45, 7) is -0.0790. The van der Waals surface area contributed by atoms with Crippen LogP contribution in [0.15, 0.2) is 72.8 Å². The molecule has 0 unspecified atom stereocenters. The largest absolute Gasteiger partial charge is 0.482 e. The first kappa shape index (κ1) is 14.5. The van der Waals surface area contributed by atoms with Crippen LogP contribution in [0.2, 0.25) is 0 Å². The maximum absolute atomic E-state index is 14.3. The van der Waals surface area contributed by atoms with Crippen LogP contribution in [-0.4, -0.2) is 12.7 Å². The first-order valence-corrected chi connectivity index (χ1v) is 7.33. The third kappa shape index (κ3) is 2.95. The highest BCUT2D eigenvalue weighted by Crippen LogP contribution is 2.31. The first-order valence-electron chi connectivity index (χ1n) is 7.33. The Hall–Kier alpha value is -2.39. The molecule has 3 aromatic rings. The van der Waals surface area contributed by atoms with Gasteiger partial charge in [0.2, 0.25) is 0 Å². The highest BCUT2D eigenvalue weighted by atomic mass is 19.1. The molecule has 0 radical (unpaired) electrons. The van der Waals surface area contributed by atoms with Crippen molar-refractivity contribution >= 4 is 10.8 Å². The summed E-state index contributed by atoms with van der Waals surface area (Å²) in [5.74, 6) is 0.669. The summed E-state index contributed by atoms with van der Waals surface area (Å²) in [4.78, 5) is 0. The fourth-order valence-electron chi connectivity index (χ4n) is 2.55. The molecule has 0 heterocycles. The van der Waals surface area contributed by atoms with E-state index >= 15 is 0 Å². The summed E-state index contributed by atoms with van der Waals surface area (Å²) < 4.78 is 20.3. The van der Waals surface area contributed by atoms with E-state index in [2.05, 4.69) is 0 Å². The van der Waals surface area contributed by atoms with Crippen LogP contribution >= 0.6 is 0 Å². The second-order valence-electron chi connectivity index (χ2n) is 5.18. The molecule has 0 bridgehead atoms. The molecule has 0 saturated carbocycles. The predicted molar refractivity (Wildman–Crippen MR) is 87.7 cm³/mol. The smallest absolute Gasteiger partial charge is 0.156 e. The lowest BCUT2D eigenvalue weighted by atomic mass is 10.0. The molecule has 112 valence electrons. The molecular formula is C19H18FNO. The zero-order valence-electron chi connectivity index (χ0n) is 12.2. The van der Waals surface area contributed by atoms with Crippen molar-refractivity contribution in [3.8, 4) is 5.75 Å². The summed E-state index contributed by atoms with van der Waals surface area (Å²) in [6, 6.07) is 23.0. The third-order valence-electron chi connectivity index (χ3n) is 3.69. The van der Waals surface area contributed by atoms with Gasteiger partial charge in [0.05, 0.1) is 0 Å². The van der Waals surface area contributed by atoms with Crippen LogP contribution in [-0.2, 0) is 0 Å². The van der Waals surface area contributed by atoms with Gasteiger partial charge in [0, 0.05) is 11.9 Å². The SMILES string of the molecule is NC[C@@H](F)[C@H](Oc1cccc2ccccc12)c1ccccc1. The van der Waals surface area contributed by atoms with E-state index in [1.807, 2.05) is 72.8 Å². The van der Waals surface area contributed by atoms with Gasteiger partial charge in [-0.1, -0.05) is 66.7 Å². The van der Waals surface area contributed by atoms with Crippen LogP contribution < -0.4 is 10.5 Å². The number of hydrogen-bond acceptors (Lipinski definition) is 2. The Balaban J connectivity index is 1.99. The lowest BCUT2D eigenvalue weighted by Gasteiger charge is -2.23. The number of nitrogens with two attached hydrogens (primary N) is 1. The summed E-state index contributed by atoms with van der Waals surface area (Å²) in [5.41, 5.74) is 6.31. The van der Waals surface area contributed by atoms with Crippen molar-refractivity contribution in [1.82, 2.24) is 0 Å². The van der Waals surface area contributed by atoms with Crippen LogP contribution in [0.3, 0.4) is 0 Å². The van der Waals surface area contributed by atoms with Gasteiger partial charge in [-0.05, 0) is 17.0 Å². The van der Waals surface area contributed by atoms with E-state index < -0.39 is 12.3 Å². The molecule has 0 aliphatic carbocycles. The second kappa shape index (κ2) is 6.58. The van der Waals surface area contributed by atoms with Gasteiger partial charge in [0.25, 0.3) is 0 Å². The summed E-state index contributed by atoms with van der Waals surface area (Å²) in [7, 11) is 0. The molecule has 0 aliphatic rings. The minimum Gasteiger partial charge on any atom is -0.482 e. The topological polar surface area (TPSA) is 35.2 Å². The Kier molecular flexibility index (Phi) is 4.35. The van der Waals surface area contributed by atoms with E-state index in [9.17, 15) is 4.39 Å². The summed E-state index contributed by atoms with van der Waals surface area (Å²) in [5, 5.41) is 2.03. The standard InChI is InChI=1S/C19H18FNO/c20-17(13-21)19(15-8-2-1-3-9-15)22-18-12-6-10-14-7-4-5-11-16(14)18/h1-12,17,19H,13,21H2/t17-,19-/m1/s1. The zero-order valence-corrected chi connectivity index (χ0v) is 12.2. The molecule has 0 aliphatic heterocycles. The van der Waals surface area contributed by atoms with E-state index in [1.165, 1.54) is 0 Å². The van der Waals surface area contributed by atoms with Crippen LogP contribution in [0.5, 0.6) is 5.75 Å². The molecule has 2 atom stereocenters. The van der Waals surface area contributed by atoms with Gasteiger partial charge in [0.1, 0.15) is 5.75 Å². The zero-order chi connectivity index (χ0) is 15.4. The van der Waals surface area contributed by atoms with Crippen molar-refractivity contribution in [2.45, 2.75) is 12.3 Å². The van der Waals surface area contributed by atoms with Gasteiger partial charge < -0.3 is 10.5 Å². The van der Waals surface area contributed by atoms with Crippen LogP contribution in [0.1, 0.15) is 11.7 Å². The minimum absolute atomic E-state index is 0.0790. The molecule has 0 saturated heterocycles. The van der Waals surface area contributed by atoms with E-state index in [-0.39, 0.29) is 6.54 Å². The second-order valence-corrected chi connectivity index (χ2v) is 5.18. The molecule has 3 heteroatoms. The average molecular weight is 295 g/mol. The van der Waals surface area contributed by atoms with Crippen LogP contribution in [0.4, 0.5) is 4.39 Å². The van der Waals surface area contributed by atoms with Gasteiger partial charge in [-0.3, -0.25) is 0 Å². The normalized spacial score (nSPS) is 13.7. The average Bonchev–Trinajstić information content (AvgIpc) is 2.60. The van der Waals surface area contributed by atoms with E-state index in [4.69, 9.17) is 10.5 Å². The lowest BCUT2D eigenvalue weighted by molar-refractivity contribution is 0.106. The maximum atomic E-state index is 14.3. The summed E-state index contributed by atoms with van der Waals surface area (Å²) >= 11 is 0. The van der Waals surface area contributed by atoms with Crippen molar-refractivity contribution in [1.29, 1.82) is 0 Å². The highest BCUT2D eigenvalue weighted by Gasteiger charge is 2.24. The quantitative estimate of drug-likeness (QED) is 0.763. The number of hydrogen-bond donors (Lipinski definition) is 1. The summed E-state index contributed by atoms with van der Waals surface area (Å²) in [6.07, 6.45) is -1.97. The molecule has 22 heavy (non-hydrogen) atoms. The van der Waals surface area contributed by atoms with Gasteiger partial charge in [-0.15, -0.1) is 0 Å². The van der Waals surface area contributed by atoms with E-state index in [0.717, 1.165) is 16.3 Å². The van der Waals surface area contributed by atoms with Gasteiger partial charge in [0.15, 0.2) is 12.3 Å². The van der Waals surface area contributed by atoms with Crippen molar-refractivity contribution in [2.75, 3.05) is 6.54 Å². The van der Waals surface area contributed by atoms with Crippen LogP contribution in [0, 0.1) is 0 Å². The maximum Gasteiger partial charge on any atom is 0.156 e. The number of fused-ring (bicyclic) bond motifs is 1. The first-order chi connectivity index (χ1) is 10.8. The van der Waals surface area contributed by atoms with E-state index in [0.29, 0.717) is 5.75 Å². The Morgan fingerprint density at radius 3 is 2.32 bits per heavy atom. The highest BCUT2D eigenvalue weighted by molar-refractivity contribution is 5.88. The van der Waals surface area contributed by atoms with Crippen molar-refractivity contribution in [2.24, 2.45) is 5.73 Å². The fraction of sp³-hybridized carbons (Fsp3) is 0.158. The van der Waals surface area contributed by atoms with Crippen molar-refractivity contribution in [3.05, 3.63) is 78.4 Å². The monoisotopic (exact) mass is 295 g/mol.